The van der Waals surface area contributed by atoms with Crippen LogP contribution in [0.15, 0.2) is 18.2 Å². The predicted molar refractivity (Wildman–Crippen MR) is 69.3 cm³/mol. The van der Waals surface area contributed by atoms with Gasteiger partial charge in [0.2, 0.25) is 0 Å². The highest BCUT2D eigenvalue weighted by Crippen LogP contribution is 2.21. The molecule has 0 spiro atoms. The van der Waals surface area contributed by atoms with E-state index in [0.29, 0.717) is 6.42 Å². The molecule has 0 aliphatic heterocycles. The van der Waals surface area contributed by atoms with Crippen LogP contribution in [0.1, 0.15) is 24.5 Å². The van der Waals surface area contributed by atoms with E-state index in [1.807, 2.05) is 33.2 Å². The lowest BCUT2D eigenvalue weighted by Gasteiger charge is -2.09. The van der Waals surface area contributed by atoms with Gasteiger partial charge in [0.05, 0.1) is 4.92 Å². The molecule has 0 aliphatic carbocycles. The van der Waals surface area contributed by atoms with E-state index >= 15 is 0 Å². The van der Waals surface area contributed by atoms with E-state index in [4.69, 9.17) is 0 Å². The van der Waals surface area contributed by atoms with Crippen LogP contribution in [-0.4, -0.2) is 30.5 Å². The maximum atomic E-state index is 10.9. The molecule has 0 amide bonds. The number of nitrogens with zero attached hydrogens (tertiary/aromatic N) is 2. The van der Waals surface area contributed by atoms with Crippen molar-refractivity contribution >= 4 is 5.69 Å². The van der Waals surface area contributed by atoms with Crippen LogP contribution in [0.5, 0.6) is 0 Å². The van der Waals surface area contributed by atoms with Crippen LogP contribution in [0.3, 0.4) is 0 Å². The summed E-state index contributed by atoms with van der Waals surface area (Å²) in [6, 6.07) is 5.60. The van der Waals surface area contributed by atoms with E-state index in [0.717, 1.165) is 30.5 Å². The molecule has 0 aromatic heterocycles. The highest BCUT2D eigenvalue weighted by Gasteiger charge is 2.12. The van der Waals surface area contributed by atoms with Crippen LogP contribution in [0, 0.1) is 10.1 Å². The molecular weight excluding hydrogens is 216 g/mol. The number of rotatable bonds is 6. The Morgan fingerprint density at radius 3 is 2.59 bits per heavy atom. The first-order chi connectivity index (χ1) is 8.04. The summed E-state index contributed by atoms with van der Waals surface area (Å²) in [4.78, 5) is 12.7. The van der Waals surface area contributed by atoms with Crippen molar-refractivity contribution in [3.05, 3.63) is 39.4 Å². The fraction of sp³-hybridized carbons (Fsp3) is 0.538. The Kier molecular flexibility index (Phi) is 5.10. The Hall–Kier alpha value is -1.42. The zero-order chi connectivity index (χ0) is 12.8. The third-order valence-corrected chi connectivity index (χ3v) is 2.80. The van der Waals surface area contributed by atoms with Gasteiger partial charge in [0.25, 0.3) is 5.69 Å². The van der Waals surface area contributed by atoms with E-state index in [9.17, 15) is 10.1 Å². The van der Waals surface area contributed by atoms with Gasteiger partial charge in [-0.2, -0.15) is 0 Å². The quantitative estimate of drug-likeness (QED) is 0.563. The van der Waals surface area contributed by atoms with Gasteiger partial charge in [0.15, 0.2) is 0 Å². The Bertz CT molecular complexity index is 389. The van der Waals surface area contributed by atoms with Crippen molar-refractivity contribution in [3.8, 4) is 0 Å². The maximum absolute atomic E-state index is 10.9. The lowest BCUT2D eigenvalue weighted by molar-refractivity contribution is -0.385. The minimum Gasteiger partial charge on any atom is -0.309 e. The second-order valence-corrected chi connectivity index (χ2v) is 4.48. The third kappa shape index (κ3) is 4.15. The number of benzene rings is 1. The Labute approximate surface area is 102 Å². The van der Waals surface area contributed by atoms with E-state index in [1.165, 1.54) is 0 Å². The first-order valence-electron chi connectivity index (χ1n) is 5.95. The SMILES string of the molecule is CCc1ccc(CCCN(C)C)cc1[N+](=O)[O-]. The summed E-state index contributed by atoms with van der Waals surface area (Å²) in [5.74, 6) is 0. The van der Waals surface area contributed by atoms with Crippen LogP contribution >= 0.6 is 0 Å². The normalized spacial score (nSPS) is 10.8. The Morgan fingerprint density at radius 1 is 1.35 bits per heavy atom. The van der Waals surface area contributed by atoms with Crippen molar-refractivity contribution in [2.45, 2.75) is 26.2 Å². The highest BCUT2D eigenvalue weighted by molar-refractivity contribution is 5.43. The molecule has 0 aliphatic rings. The number of hydrogen-bond donors (Lipinski definition) is 0. The molecule has 4 heteroatoms. The summed E-state index contributed by atoms with van der Waals surface area (Å²) in [7, 11) is 4.06. The van der Waals surface area contributed by atoms with Gasteiger partial charge in [-0.05, 0) is 45.5 Å². The van der Waals surface area contributed by atoms with E-state index in [2.05, 4.69) is 4.90 Å². The summed E-state index contributed by atoms with van der Waals surface area (Å²) < 4.78 is 0. The number of aryl methyl sites for hydroxylation is 2. The summed E-state index contributed by atoms with van der Waals surface area (Å²) in [6.45, 7) is 2.94. The molecule has 0 heterocycles. The monoisotopic (exact) mass is 236 g/mol. The summed E-state index contributed by atoms with van der Waals surface area (Å²) >= 11 is 0. The van der Waals surface area contributed by atoms with E-state index in [1.54, 1.807) is 6.07 Å². The van der Waals surface area contributed by atoms with Crippen LogP contribution in [-0.2, 0) is 12.8 Å². The van der Waals surface area contributed by atoms with Gasteiger partial charge in [-0.3, -0.25) is 10.1 Å². The summed E-state index contributed by atoms with van der Waals surface area (Å²) in [5.41, 5.74) is 2.12. The number of nitro groups is 1. The summed E-state index contributed by atoms with van der Waals surface area (Å²) in [6.07, 6.45) is 2.62. The molecule has 0 N–H and O–H groups in total. The van der Waals surface area contributed by atoms with Crippen molar-refractivity contribution in [2.24, 2.45) is 0 Å². The van der Waals surface area contributed by atoms with Gasteiger partial charge in [0, 0.05) is 11.6 Å². The predicted octanol–water partition coefficient (Wildman–Crippen LogP) is 2.65. The van der Waals surface area contributed by atoms with Crippen molar-refractivity contribution < 1.29 is 4.92 Å². The van der Waals surface area contributed by atoms with Gasteiger partial charge in [-0.25, -0.2) is 0 Å². The van der Waals surface area contributed by atoms with Crippen LogP contribution in [0.2, 0.25) is 0 Å². The first kappa shape index (κ1) is 13.6. The largest absolute Gasteiger partial charge is 0.309 e. The summed E-state index contributed by atoms with van der Waals surface area (Å²) in [5, 5.41) is 10.9. The van der Waals surface area contributed by atoms with Gasteiger partial charge >= 0.3 is 0 Å². The Balaban J connectivity index is 2.74. The van der Waals surface area contributed by atoms with Crippen molar-refractivity contribution in [1.82, 2.24) is 4.90 Å². The minimum absolute atomic E-state index is 0.259. The molecule has 0 bridgehead atoms. The molecule has 0 unspecified atom stereocenters. The zero-order valence-corrected chi connectivity index (χ0v) is 10.8. The van der Waals surface area contributed by atoms with Crippen molar-refractivity contribution in [1.29, 1.82) is 0 Å². The topological polar surface area (TPSA) is 46.4 Å². The van der Waals surface area contributed by atoms with Gasteiger partial charge in [-0.15, -0.1) is 0 Å². The van der Waals surface area contributed by atoms with Crippen LogP contribution < -0.4 is 0 Å². The van der Waals surface area contributed by atoms with Crippen molar-refractivity contribution in [3.63, 3.8) is 0 Å². The van der Waals surface area contributed by atoms with Crippen LogP contribution in [0.25, 0.3) is 0 Å². The molecule has 1 rings (SSSR count). The molecule has 94 valence electrons. The fourth-order valence-electron chi connectivity index (χ4n) is 1.83. The minimum atomic E-state index is -0.283. The number of nitro benzene ring substituents is 1. The van der Waals surface area contributed by atoms with Crippen LogP contribution in [0.4, 0.5) is 5.69 Å². The molecule has 0 atom stereocenters. The first-order valence-corrected chi connectivity index (χ1v) is 5.95. The lowest BCUT2D eigenvalue weighted by Crippen LogP contribution is -2.13. The average Bonchev–Trinajstić information content (AvgIpc) is 2.28. The fourth-order valence-corrected chi connectivity index (χ4v) is 1.83. The molecule has 17 heavy (non-hydrogen) atoms. The van der Waals surface area contributed by atoms with Gasteiger partial charge in [-0.1, -0.05) is 19.1 Å². The molecule has 4 nitrogen and oxygen atoms in total. The smallest absolute Gasteiger partial charge is 0.272 e. The third-order valence-electron chi connectivity index (χ3n) is 2.80. The van der Waals surface area contributed by atoms with E-state index < -0.39 is 0 Å². The average molecular weight is 236 g/mol. The Morgan fingerprint density at radius 2 is 2.06 bits per heavy atom. The van der Waals surface area contributed by atoms with Crippen molar-refractivity contribution in [2.75, 3.05) is 20.6 Å². The zero-order valence-electron chi connectivity index (χ0n) is 10.8. The van der Waals surface area contributed by atoms with Gasteiger partial charge < -0.3 is 4.90 Å². The second kappa shape index (κ2) is 6.35. The standard InChI is InChI=1S/C13H20N2O2/c1-4-12-8-7-11(6-5-9-14(2)3)10-13(12)15(16)17/h7-8,10H,4-6,9H2,1-3H3. The number of hydrogen-bond acceptors (Lipinski definition) is 3. The molecule has 0 fully saturated rings. The molecule has 1 aromatic carbocycles. The van der Waals surface area contributed by atoms with E-state index in [-0.39, 0.29) is 10.6 Å². The lowest BCUT2D eigenvalue weighted by atomic mass is 10.0. The van der Waals surface area contributed by atoms with Gasteiger partial charge in [0.1, 0.15) is 0 Å². The molecule has 0 saturated carbocycles. The molecule has 1 aromatic rings. The maximum Gasteiger partial charge on any atom is 0.272 e. The highest BCUT2D eigenvalue weighted by atomic mass is 16.6. The molecule has 0 radical (unpaired) electrons. The molecular formula is C13H20N2O2. The molecule has 0 saturated heterocycles. The second-order valence-electron chi connectivity index (χ2n) is 4.48.